The lowest BCUT2D eigenvalue weighted by molar-refractivity contribution is -0.137. The molecule has 118 valence electrons. The molecule has 2 rings (SSSR count). The van der Waals surface area contributed by atoms with E-state index in [4.69, 9.17) is 0 Å². The topological polar surface area (TPSA) is 62.2 Å². The molecule has 0 saturated heterocycles. The lowest BCUT2D eigenvalue weighted by Crippen LogP contribution is -2.46. The normalized spacial score (nSPS) is 14.4. The van der Waals surface area contributed by atoms with E-state index < -0.39 is 29.8 Å². The highest BCUT2D eigenvalue weighted by Gasteiger charge is 2.34. The number of amides is 1. The smallest absolute Gasteiger partial charge is 0.394 e. The Morgan fingerprint density at radius 1 is 1.32 bits per heavy atom. The third kappa shape index (κ3) is 3.45. The molecule has 22 heavy (non-hydrogen) atoms. The summed E-state index contributed by atoms with van der Waals surface area (Å²) in [5, 5.41) is 12.1. The second-order valence-electron chi connectivity index (χ2n) is 4.90. The van der Waals surface area contributed by atoms with Crippen molar-refractivity contribution in [3.63, 3.8) is 0 Å². The SMILES string of the molecule is CC(CO)(NC(=O)c1ccns1)c1cccc(C(F)(F)F)c1. The van der Waals surface area contributed by atoms with Crippen molar-refractivity contribution in [1.29, 1.82) is 0 Å². The first kappa shape index (κ1) is 16.4. The monoisotopic (exact) mass is 330 g/mol. The maximum Gasteiger partial charge on any atom is 0.416 e. The molecule has 1 heterocycles. The minimum atomic E-state index is -4.49. The zero-order chi connectivity index (χ0) is 16.4. The van der Waals surface area contributed by atoms with Crippen LogP contribution in [0, 0.1) is 0 Å². The van der Waals surface area contributed by atoms with Crippen LogP contribution in [0.2, 0.25) is 0 Å². The number of hydrogen-bond donors (Lipinski definition) is 2. The van der Waals surface area contributed by atoms with E-state index in [9.17, 15) is 23.1 Å². The van der Waals surface area contributed by atoms with E-state index in [0.717, 1.165) is 23.7 Å². The maximum absolute atomic E-state index is 12.8. The second kappa shape index (κ2) is 6.05. The largest absolute Gasteiger partial charge is 0.416 e. The Balaban J connectivity index is 2.32. The molecule has 0 radical (unpaired) electrons. The molecule has 0 spiro atoms. The summed E-state index contributed by atoms with van der Waals surface area (Å²) in [6.45, 7) is 0.917. The van der Waals surface area contributed by atoms with E-state index >= 15 is 0 Å². The van der Waals surface area contributed by atoms with E-state index in [1.54, 1.807) is 0 Å². The van der Waals surface area contributed by atoms with Crippen molar-refractivity contribution in [3.8, 4) is 0 Å². The molecule has 1 aromatic carbocycles. The molecule has 4 nitrogen and oxygen atoms in total. The lowest BCUT2D eigenvalue weighted by Gasteiger charge is -2.29. The van der Waals surface area contributed by atoms with E-state index in [1.165, 1.54) is 31.3 Å². The minimum Gasteiger partial charge on any atom is -0.394 e. The quantitative estimate of drug-likeness (QED) is 0.906. The lowest BCUT2D eigenvalue weighted by atomic mass is 9.91. The Hall–Kier alpha value is -1.93. The van der Waals surface area contributed by atoms with Crippen LogP contribution in [0.5, 0.6) is 0 Å². The molecule has 0 aliphatic carbocycles. The van der Waals surface area contributed by atoms with Gasteiger partial charge in [-0.1, -0.05) is 12.1 Å². The van der Waals surface area contributed by atoms with Gasteiger partial charge in [-0.05, 0) is 42.2 Å². The third-order valence-electron chi connectivity index (χ3n) is 3.19. The van der Waals surface area contributed by atoms with Gasteiger partial charge in [0.05, 0.1) is 17.7 Å². The van der Waals surface area contributed by atoms with Gasteiger partial charge < -0.3 is 10.4 Å². The Morgan fingerprint density at radius 2 is 2.00 bits per heavy atom. The fourth-order valence-corrected chi connectivity index (χ4v) is 2.38. The third-order valence-corrected chi connectivity index (χ3v) is 3.94. The van der Waals surface area contributed by atoms with Crippen molar-refractivity contribution >= 4 is 17.4 Å². The van der Waals surface area contributed by atoms with Gasteiger partial charge in [-0.2, -0.15) is 13.2 Å². The Bertz CT molecular complexity index is 658. The highest BCUT2D eigenvalue weighted by molar-refractivity contribution is 7.08. The number of carbonyl (C=O) groups is 1. The molecule has 8 heteroatoms. The summed E-state index contributed by atoms with van der Waals surface area (Å²) in [6, 6.07) is 6.02. The maximum atomic E-state index is 12.8. The number of aromatic nitrogens is 1. The molecule has 0 bridgehead atoms. The molecule has 0 saturated carbocycles. The van der Waals surface area contributed by atoms with Crippen molar-refractivity contribution in [2.24, 2.45) is 0 Å². The van der Waals surface area contributed by atoms with Crippen molar-refractivity contribution in [3.05, 3.63) is 52.5 Å². The fraction of sp³-hybridized carbons (Fsp3) is 0.286. The number of hydrogen-bond acceptors (Lipinski definition) is 4. The fourth-order valence-electron chi connectivity index (χ4n) is 1.89. The van der Waals surface area contributed by atoms with Crippen LogP contribution < -0.4 is 5.32 Å². The van der Waals surface area contributed by atoms with Crippen molar-refractivity contribution in [1.82, 2.24) is 9.69 Å². The number of alkyl halides is 3. The number of carbonyl (C=O) groups excluding carboxylic acids is 1. The van der Waals surface area contributed by atoms with Crippen LogP contribution in [0.4, 0.5) is 13.2 Å². The van der Waals surface area contributed by atoms with Gasteiger partial charge in [0.2, 0.25) is 0 Å². The summed E-state index contributed by atoms with van der Waals surface area (Å²) in [4.78, 5) is 12.4. The number of nitrogens with zero attached hydrogens (tertiary/aromatic N) is 1. The molecule has 1 amide bonds. The van der Waals surface area contributed by atoms with Crippen LogP contribution in [-0.2, 0) is 11.7 Å². The molecule has 2 aromatic rings. The predicted molar refractivity (Wildman–Crippen MR) is 75.5 cm³/mol. The number of rotatable bonds is 4. The van der Waals surface area contributed by atoms with Gasteiger partial charge in [-0.15, -0.1) is 0 Å². The average Bonchev–Trinajstić information content (AvgIpc) is 3.00. The first-order valence-corrected chi connectivity index (χ1v) is 7.05. The van der Waals surface area contributed by atoms with Crippen LogP contribution in [0.1, 0.15) is 27.7 Å². The second-order valence-corrected chi connectivity index (χ2v) is 5.73. The Kier molecular flexibility index (Phi) is 4.52. The van der Waals surface area contributed by atoms with Gasteiger partial charge in [0.25, 0.3) is 5.91 Å². The van der Waals surface area contributed by atoms with Crippen LogP contribution in [0.15, 0.2) is 36.5 Å². The summed E-state index contributed by atoms with van der Waals surface area (Å²) in [5.74, 6) is -0.503. The van der Waals surface area contributed by atoms with Crippen LogP contribution >= 0.6 is 11.5 Å². The van der Waals surface area contributed by atoms with E-state index in [-0.39, 0.29) is 5.56 Å². The summed E-state index contributed by atoms with van der Waals surface area (Å²) in [5.41, 5.74) is -2.00. The number of aliphatic hydroxyl groups excluding tert-OH is 1. The predicted octanol–water partition coefficient (Wildman–Crippen LogP) is 2.80. The highest BCUT2D eigenvalue weighted by atomic mass is 32.1. The van der Waals surface area contributed by atoms with E-state index in [1.807, 2.05) is 0 Å². The first-order chi connectivity index (χ1) is 10.3. The number of aliphatic hydroxyl groups is 1. The molecular weight excluding hydrogens is 317 g/mol. The van der Waals surface area contributed by atoms with Crippen molar-refractivity contribution < 1.29 is 23.1 Å². The van der Waals surface area contributed by atoms with Crippen LogP contribution in [0.25, 0.3) is 0 Å². The van der Waals surface area contributed by atoms with E-state index in [0.29, 0.717) is 4.88 Å². The molecule has 1 aromatic heterocycles. The van der Waals surface area contributed by atoms with Crippen molar-refractivity contribution in [2.45, 2.75) is 18.6 Å². The molecular formula is C14H13F3N2O2S. The Labute approximate surface area is 128 Å². The average molecular weight is 330 g/mol. The summed E-state index contributed by atoms with van der Waals surface area (Å²) >= 11 is 0.961. The Morgan fingerprint density at radius 3 is 2.55 bits per heavy atom. The molecule has 2 N–H and O–H groups in total. The molecule has 0 fully saturated rings. The summed E-state index contributed by atoms with van der Waals surface area (Å²) < 4.78 is 42.2. The molecule has 1 atom stereocenters. The number of benzene rings is 1. The summed E-state index contributed by atoms with van der Waals surface area (Å²) in [7, 11) is 0. The van der Waals surface area contributed by atoms with Crippen molar-refractivity contribution in [2.75, 3.05) is 6.61 Å². The van der Waals surface area contributed by atoms with Crippen LogP contribution in [-0.4, -0.2) is 22.0 Å². The molecule has 0 aliphatic rings. The van der Waals surface area contributed by atoms with E-state index in [2.05, 4.69) is 9.69 Å². The van der Waals surface area contributed by atoms with Gasteiger partial charge in [0.1, 0.15) is 4.88 Å². The molecule has 1 unspecified atom stereocenters. The summed E-state index contributed by atoms with van der Waals surface area (Å²) in [6.07, 6.45) is -3.05. The van der Waals surface area contributed by atoms with Gasteiger partial charge >= 0.3 is 6.18 Å². The molecule has 0 aliphatic heterocycles. The number of nitrogens with one attached hydrogen (secondary N) is 1. The number of halogens is 3. The van der Waals surface area contributed by atoms with Gasteiger partial charge in [-0.3, -0.25) is 4.79 Å². The van der Waals surface area contributed by atoms with Crippen LogP contribution in [0.3, 0.4) is 0 Å². The first-order valence-electron chi connectivity index (χ1n) is 6.28. The minimum absolute atomic E-state index is 0.169. The zero-order valence-electron chi connectivity index (χ0n) is 11.5. The van der Waals surface area contributed by atoms with Gasteiger partial charge in [-0.25, -0.2) is 4.37 Å². The highest BCUT2D eigenvalue weighted by Crippen LogP contribution is 2.32. The van der Waals surface area contributed by atoms with Gasteiger partial charge in [0, 0.05) is 6.20 Å². The van der Waals surface area contributed by atoms with Gasteiger partial charge in [0.15, 0.2) is 0 Å². The zero-order valence-corrected chi connectivity index (χ0v) is 12.3. The standard InChI is InChI=1S/C14H13F3N2O2S/c1-13(8-20,19-12(21)11-5-6-18-22-11)9-3-2-4-10(7-9)14(15,16)17/h2-7,20H,8H2,1H3,(H,19,21).